The summed E-state index contributed by atoms with van der Waals surface area (Å²) in [6.07, 6.45) is 1.86. The minimum atomic E-state index is -0.0851. The van der Waals surface area contributed by atoms with Gasteiger partial charge in [0.25, 0.3) is 0 Å². The SMILES string of the molecule is N=C(N)N(N)CCCc1ccccc1. The van der Waals surface area contributed by atoms with Crippen molar-refractivity contribution in [1.29, 1.82) is 5.41 Å². The Kier molecular flexibility index (Phi) is 3.94. The van der Waals surface area contributed by atoms with E-state index in [0.29, 0.717) is 6.54 Å². The molecule has 0 aliphatic carbocycles. The molecule has 0 spiro atoms. The molecule has 1 aromatic carbocycles. The van der Waals surface area contributed by atoms with E-state index in [1.807, 2.05) is 18.2 Å². The van der Waals surface area contributed by atoms with Gasteiger partial charge in [-0.3, -0.25) is 10.4 Å². The molecule has 0 radical (unpaired) electrons. The highest BCUT2D eigenvalue weighted by Gasteiger charge is 1.99. The summed E-state index contributed by atoms with van der Waals surface area (Å²) in [6, 6.07) is 10.2. The molecule has 4 nitrogen and oxygen atoms in total. The number of nitrogens with zero attached hydrogens (tertiary/aromatic N) is 1. The number of hydrogen-bond donors (Lipinski definition) is 3. The molecule has 1 aromatic rings. The Bertz CT molecular complexity index is 283. The summed E-state index contributed by atoms with van der Waals surface area (Å²) in [7, 11) is 0. The minimum Gasteiger partial charge on any atom is -0.369 e. The monoisotopic (exact) mass is 192 g/mol. The molecule has 14 heavy (non-hydrogen) atoms. The van der Waals surface area contributed by atoms with E-state index in [1.165, 1.54) is 10.6 Å². The number of aryl methyl sites for hydroxylation is 1. The molecule has 1 rings (SSSR count). The number of hydrogen-bond acceptors (Lipinski definition) is 2. The van der Waals surface area contributed by atoms with Gasteiger partial charge in [-0.05, 0) is 18.4 Å². The average Bonchev–Trinajstić information content (AvgIpc) is 2.19. The molecule has 0 aromatic heterocycles. The Labute approximate surface area is 84.0 Å². The lowest BCUT2D eigenvalue weighted by atomic mass is 10.1. The van der Waals surface area contributed by atoms with E-state index in [-0.39, 0.29) is 5.96 Å². The Morgan fingerprint density at radius 1 is 1.29 bits per heavy atom. The molecule has 76 valence electrons. The van der Waals surface area contributed by atoms with Gasteiger partial charge < -0.3 is 5.73 Å². The summed E-state index contributed by atoms with van der Waals surface area (Å²) < 4.78 is 0. The number of benzene rings is 1. The second kappa shape index (κ2) is 5.24. The zero-order valence-electron chi connectivity index (χ0n) is 8.11. The van der Waals surface area contributed by atoms with E-state index in [4.69, 9.17) is 17.0 Å². The van der Waals surface area contributed by atoms with Crippen LogP contribution in [0.5, 0.6) is 0 Å². The zero-order chi connectivity index (χ0) is 10.4. The van der Waals surface area contributed by atoms with Crippen molar-refractivity contribution in [2.45, 2.75) is 12.8 Å². The van der Waals surface area contributed by atoms with Crippen molar-refractivity contribution in [3.8, 4) is 0 Å². The Morgan fingerprint density at radius 2 is 1.93 bits per heavy atom. The van der Waals surface area contributed by atoms with Crippen LogP contribution < -0.4 is 11.6 Å². The van der Waals surface area contributed by atoms with Gasteiger partial charge in [0.2, 0.25) is 5.96 Å². The Hall–Kier alpha value is -1.55. The van der Waals surface area contributed by atoms with Crippen molar-refractivity contribution in [2.24, 2.45) is 11.6 Å². The van der Waals surface area contributed by atoms with Crippen LogP contribution in [0.1, 0.15) is 12.0 Å². The highest BCUT2D eigenvalue weighted by Crippen LogP contribution is 2.02. The van der Waals surface area contributed by atoms with Crippen molar-refractivity contribution >= 4 is 5.96 Å². The van der Waals surface area contributed by atoms with E-state index in [0.717, 1.165) is 12.8 Å². The molecule has 0 saturated heterocycles. The minimum absolute atomic E-state index is 0.0851. The number of nitrogens with one attached hydrogen (secondary N) is 1. The van der Waals surface area contributed by atoms with Gasteiger partial charge in [0, 0.05) is 6.54 Å². The third-order valence-corrected chi connectivity index (χ3v) is 2.02. The molecule has 0 aliphatic rings. The molecule has 0 saturated carbocycles. The van der Waals surface area contributed by atoms with Gasteiger partial charge in [-0.2, -0.15) is 0 Å². The lowest BCUT2D eigenvalue weighted by Crippen LogP contribution is -2.42. The maximum absolute atomic E-state index is 7.06. The molecule has 4 heteroatoms. The topological polar surface area (TPSA) is 79.1 Å². The van der Waals surface area contributed by atoms with Gasteiger partial charge in [-0.25, -0.2) is 5.84 Å². The summed E-state index contributed by atoms with van der Waals surface area (Å²) in [4.78, 5) is 0. The van der Waals surface area contributed by atoms with Crippen LogP contribution >= 0.6 is 0 Å². The highest BCUT2D eigenvalue weighted by molar-refractivity contribution is 5.73. The molecule has 0 heterocycles. The first-order valence-corrected chi connectivity index (χ1v) is 4.60. The van der Waals surface area contributed by atoms with Gasteiger partial charge in [-0.15, -0.1) is 0 Å². The summed E-state index contributed by atoms with van der Waals surface area (Å²) in [5.74, 6) is 5.38. The van der Waals surface area contributed by atoms with Crippen molar-refractivity contribution < 1.29 is 0 Å². The molecular weight excluding hydrogens is 176 g/mol. The van der Waals surface area contributed by atoms with Crippen LogP contribution in [0.15, 0.2) is 30.3 Å². The van der Waals surface area contributed by atoms with E-state index >= 15 is 0 Å². The molecule has 0 aliphatic heterocycles. The van der Waals surface area contributed by atoms with Crippen LogP contribution in [0.25, 0.3) is 0 Å². The van der Waals surface area contributed by atoms with Crippen LogP contribution in [0, 0.1) is 5.41 Å². The van der Waals surface area contributed by atoms with Crippen molar-refractivity contribution in [1.82, 2.24) is 5.01 Å². The standard InChI is InChI=1S/C10H16N4/c11-10(12)14(13)8-4-7-9-5-2-1-3-6-9/h1-3,5-6H,4,7-8,13H2,(H3,11,12). The molecule has 0 unspecified atom stereocenters. The van der Waals surface area contributed by atoms with Gasteiger partial charge >= 0.3 is 0 Å². The third kappa shape index (κ3) is 3.45. The molecule has 0 amide bonds. The van der Waals surface area contributed by atoms with Crippen LogP contribution in [-0.2, 0) is 6.42 Å². The van der Waals surface area contributed by atoms with E-state index in [9.17, 15) is 0 Å². The normalized spacial score (nSPS) is 9.79. The Morgan fingerprint density at radius 3 is 2.50 bits per heavy atom. The van der Waals surface area contributed by atoms with Gasteiger partial charge in [0.1, 0.15) is 0 Å². The summed E-state index contributed by atoms with van der Waals surface area (Å²) in [6.45, 7) is 0.615. The first-order valence-electron chi connectivity index (χ1n) is 4.60. The van der Waals surface area contributed by atoms with Crippen LogP contribution in [-0.4, -0.2) is 17.5 Å². The van der Waals surface area contributed by atoms with Gasteiger partial charge in [-0.1, -0.05) is 30.3 Å². The van der Waals surface area contributed by atoms with Gasteiger partial charge in [0.15, 0.2) is 0 Å². The molecule has 0 bridgehead atoms. The molecular formula is C10H16N4. The van der Waals surface area contributed by atoms with E-state index < -0.39 is 0 Å². The predicted octanol–water partition coefficient (Wildman–Crippen LogP) is 0.688. The van der Waals surface area contributed by atoms with Crippen LogP contribution in [0.3, 0.4) is 0 Å². The fourth-order valence-electron chi connectivity index (χ4n) is 1.22. The number of hydrazine groups is 1. The molecule has 5 N–H and O–H groups in total. The first kappa shape index (κ1) is 10.5. The Balaban J connectivity index is 2.26. The van der Waals surface area contributed by atoms with Crippen LogP contribution in [0.4, 0.5) is 0 Å². The lowest BCUT2D eigenvalue weighted by Gasteiger charge is -2.15. The predicted molar refractivity (Wildman–Crippen MR) is 57.6 cm³/mol. The number of rotatable bonds is 4. The maximum Gasteiger partial charge on any atom is 0.202 e. The second-order valence-corrected chi connectivity index (χ2v) is 3.17. The van der Waals surface area contributed by atoms with Gasteiger partial charge in [0.05, 0.1) is 0 Å². The molecule has 0 atom stereocenters. The average molecular weight is 192 g/mol. The van der Waals surface area contributed by atoms with E-state index in [1.54, 1.807) is 0 Å². The number of nitrogens with two attached hydrogens (primary N) is 2. The lowest BCUT2D eigenvalue weighted by molar-refractivity contribution is 0.422. The van der Waals surface area contributed by atoms with Crippen molar-refractivity contribution in [3.05, 3.63) is 35.9 Å². The summed E-state index contributed by atoms with van der Waals surface area (Å²) in [5.41, 5.74) is 6.48. The van der Waals surface area contributed by atoms with Crippen molar-refractivity contribution in [3.63, 3.8) is 0 Å². The second-order valence-electron chi connectivity index (χ2n) is 3.17. The highest BCUT2D eigenvalue weighted by atomic mass is 15.4. The van der Waals surface area contributed by atoms with Crippen molar-refractivity contribution in [2.75, 3.05) is 6.54 Å². The maximum atomic E-state index is 7.06. The summed E-state index contributed by atoms with van der Waals surface area (Å²) >= 11 is 0. The smallest absolute Gasteiger partial charge is 0.202 e. The first-order chi connectivity index (χ1) is 6.70. The summed E-state index contributed by atoms with van der Waals surface area (Å²) in [5, 5.41) is 8.32. The fraction of sp³-hybridized carbons (Fsp3) is 0.300. The van der Waals surface area contributed by atoms with Crippen LogP contribution in [0.2, 0.25) is 0 Å². The fourth-order valence-corrected chi connectivity index (χ4v) is 1.22. The quantitative estimate of drug-likeness (QED) is 0.284. The molecule has 0 fully saturated rings. The number of guanidine groups is 1. The zero-order valence-corrected chi connectivity index (χ0v) is 8.11. The largest absolute Gasteiger partial charge is 0.369 e. The van der Waals surface area contributed by atoms with E-state index in [2.05, 4.69) is 12.1 Å². The third-order valence-electron chi connectivity index (χ3n) is 2.02.